The Morgan fingerprint density at radius 3 is 1.71 bits per heavy atom. The number of nitrogens with one attached hydrogen (secondary N) is 1. The summed E-state index contributed by atoms with van der Waals surface area (Å²) < 4.78 is 7.26. The van der Waals surface area contributed by atoms with Crippen LogP contribution in [0.15, 0.2) is 84.9 Å². The zero-order valence-electron chi connectivity index (χ0n) is 18.7. The molecule has 0 amide bonds. The molecule has 4 aromatic rings. The van der Waals surface area contributed by atoms with Gasteiger partial charge in [-0.15, -0.1) is 0 Å². The van der Waals surface area contributed by atoms with Crippen molar-refractivity contribution >= 4 is 29.9 Å². The molecule has 1 saturated heterocycles. The summed E-state index contributed by atoms with van der Waals surface area (Å²) in [5.74, 6) is 0. The number of hydrogen-bond donors (Lipinski definition) is 1. The lowest BCUT2D eigenvalue weighted by Gasteiger charge is -2.45. The second kappa shape index (κ2) is 7.90. The van der Waals surface area contributed by atoms with E-state index in [0.717, 1.165) is 13.0 Å². The number of hydrogen-bond acceptors (Lipinski definition) is 2. The third-order valence-electron chi connectivity index (χ3n) is 6.37. The molecule has 1 aliphatic heterocycles. The Bertz CT molecular complexity index is 1140. The third-order valence-corrected chi connectivity index (χ3v) is 7.31. The molecule has 0 aromatic heterocycles. The summed E-state index contributed by atoms with van der Waals surface area (Å²) >= 11 is 0. The van der Waals surface area contributed by atoms with Crippen LogP contribution in [0.1, 0.15) is 24.0 Å². The Morgan fingerprint density at radius 1 is 0.742 bits per heavy atom. The lowest BCUT2D eigenvalue weighted by atomic mass is 9.78. The molecule has 2 nitrogen and oxygen atoms in total. The topological polar surface area (TPSA) is 21.3 Å². The van der Waals surface area contributed by atoms with E-state index in [1.54, 1.807) is 0 Å². The molecule has 1 N–H and O–H groups in total. The molecule has 158 valence electrons. The second-order valence-electron chi connectivity index (χ2n) is 9.72. The molecule has 0 aliphatic carbocycles. The van der Waals surface area contributed by atoms with E-state index in [-0.39, 0.29) is 6.04 Å². The zero-order valence-corrected chi connectivity index (χ0v) is 19.7. The van der Waals surface area contributed by atoms with Gasteiger partial charge in [-0.1, -0.05) is 72.8 Å². The van der Waals surface area contributed by atoms with Crippen LogP contribution in [0, 0.1) is 0 Å². The molecule has 3 heteroatoms. The van der Waals surface area contributed by atoms with Gasteiger partial charge in [0.05, 0.1) is 0 Å². The average Bonchev–Trinajstić information content (AvgIpc) is 3.31. The molecule has 0 saturated carbocycles. The Hall–Kier alpha value is -2.46. The molecule has 1 unspecified atom stereocenters. The predicted molar refractivity (Wildman–Crippen MR) is 134 cm³/mol. The van der Waals surface area contributed by atoms with Crippen molar-refractivity contribution in [2.45, 2.75) is 44.1 Å². The van der Waals surface area contributed by atoms with Gasteiger partial charge in [-0.05, 0) is 83.8 Å². The highest BCUT2D eigenvalue weighted by Crippen LogP contribution is 2.44. The fraction of sp³-hybridized carbons (Fsp3) is 0.286. The molecule has 31 heavy (non-hydrogen) atoms. The molecule has 1 aliphatic rings. The first kappa shape index (κ1) is 20.4. The smallest absolute Gasteiger partial charge is 0.185 e. The summed E-state index contributed by atoms with van der Waals surface area (Å²) in [5.41, 5.74) is 2.00. The van der Waals surface area contributed by atoms with E-state index in [1.807, 2.05) is 0 Å². The first-order valence-corrected chi connectivity index (χ1v) is 14.8. The maximum atomic E-state index is 7.26. The van der Waals surface area contributed by atoms with E-state index in [0.29, 0.717) is 0 Å². The van der Waals surface area contributed by atoms with Gasteiger partial charge >= 0.3 is 0 Å². The fourth-order valence-electron chi connectivity index (χ4n) is 5.11. The summed E-state index contributed by atoms with van der Waals surface area (Å²) in [4.78, 5) is 0. The first-order valence-electron chi connectivity index (χ1n) is 11.4. The molecule has 1 atom stereocenters. The number of benzene rings is 4. The van der Waals surface area contributed by atoms with Gasteiger partial charge < -0.3 is 9.74 Å². The maximum Gasteiger partial charge on any atom is 0.185 e. The normalized spacial score (nSPS) is 17.5. The zero-order chi connectivity index (χ0) is 21.5. The fourth-order valence-corrected chi connectivity index (χ4v) is 6.46. The van der Waals surface area contributed by atoms with E-state index in [2.05, 4.69) is 110 Å². The Labute approximate surface area is 186 Å². The summed E-state index contributed by atoms with van der Waals surface area (Å²) in [7, 11) is -1.90. The van der Waals surface area contributed by atoms with Crippen molar-refractivity contribution in [3.63, 3.8) is 0 Å². The predicted octanol–water partition coefficient (Wildman–Crippen LogP) is 6.84. The van der Waals surface area contributed by atoms with Crippen LogP contribution < -0.4 is 5.32 Å². The van der Waals surface area contributed by atoms with Crippen molar-refractivity contribution in [3.8, 4) is 0 Å². The molecule has 1 heterocycles. The largest absolute Gasteiger partial charge is 0.403 e. The molecular weight excluding hydrogens is 394 g/mol. The van der Waals surface area contributed by atoms with Crippen LogP contribution in [-0.2, 0) is 10.0 Å². The summed E-state index contributed by atoms with van der Waals surface area (Å²) in [6, 6.07) is 31.3. The Balaban J connectivity index is 1.79. The number of fused-ring (bicyclic) bond motifs is 2. The van der Waals surface area contributed by atoms with Gasteiger partial charge in [0.25, 0.3) is 0 Å². The van der Waals surface area contributed by atoms with Gasteiger partial charge in [0.1, 0.15) is 5.60 Å². The van der Waals surface area contributed by atoms with Gasteiger partial charge in [0.15, 0.2) is 8.32 Å². The van der Waals surface area contributed by atoms with Crippen molar-refractivity contribution in [3.05, 3.63) is 96.1 Å². The molecule has 0 bridgehead atoms. The monoisotopic (exact) mass is 425 g/mol. The average molecular weight is 426 g/mol. The van der Waals surface area contributed by atoms with Crippen LogP contribution >= 0.6 is 0 Å². The van der Waals surface area contributed by atoms with Crippen LogP contribution in [0.25, 0.3) is 21.5 Å². The molecular formula is C28H31NOSi. The second-order valence-corrected chi connectivity index (χ2v) is 14.2. The highest BCUT2D eigenvalue weighted by molar-refractivity contribution is 6.69. The van der Waals surface area contributed by atoms with Crippen LogP contribution in [0.3, 0.4) is 0 Å². The molecule has 0 radical (unpaired) electrons. The van der Waals surface area contributed by atoms with Crippen molar-refractivity contribution in [2.75, 3.05) is 6.54 Å². The third kappa shape index (κ3) is 3.82. The first-order chi connectivity index (χ1) is 15.0. The van der Waals surface area contributed by atoms with Crippen molar-refractivity contribution in [1.82, 2.24) is 5.32 Å². The summed E-state index contributed by atoms with van der Waals surface area (Å²) in [5, 5.41) is 8.88. The van der Waals surface area contributed by atoms with E-state index in [9.17, 15) is 0 Å². The van der Waals surface area contributed by atoms with Gasteiger partial charge in [0, 0.05) is 6.04 Å². The van der Waals surface area contributed by atoms with Gasteiger partial charge in [-0.2, -0.15) is 0 Å². The lowest BCUT2D eigenvalue weighted by molar-refractivity contribution is 0.0642. The maximum absolute atomic E-state index is 7.26. The van der Waals surface area contributed by atoms with E-state index < -0.39 is 13.9 Å². The van der Waals surface area contributed by atoms with E-state index in [4.69, 9.17) is 4.43 Å². The highest BCUT2D eigenvalue weighted by atomic mass is 28.4. The standard InChI is InChI=1S/C28H31NOSi/c1-31(2,3)30-28(27-13-8-18-29-27,25-16-14-21-9-4-6-11-23(21)19-25)26-17-15-22-10-5-7-12-24(22)20-26/h4-7,9-12,14-17,19-20,27,29H,8,13,18H2,1-3H3. The van der Waals surface area contributed by atoms with E-state index >= 15 is 0 Å². The molecule has 5 rings (SSSR count). The summed E-state index contributed by atoms with van der Waals surface area (Å²) in [6.45, 7) is 7.96. The highest BCUT2D eigenvalue weighted by Gasteiger charge is 2.47. The van der Waals surface area contributed by atoms with Gasteiger partial charge in [-0.25, -0.2) is 0 Å². The number of rotatable bonds is 5. The Kier molecular flexibility index (Phi) is 5.21. The van der Waals surface area contributed by atoms with Crippen molar-refractivity contribution in [2.24, 2.45) is 0 Å². The molecule has 4 aromatic carbocycles. The molecule has 0 spiro atoms. The van der Waals surface area contributed by atoms with Crippen molar-refractivity contribution < 1.29 is 4.43 Å². The van der Waals surface area contributed by atoms with Crippen LogP contribution in [-0.4, -0.2) is 20.9 Å². The summed E-state index contributed by atoms with van der Waals surface area (Å²) in [6.07, 6.45) is 2.30. The SMILES string of the molecule is C[Si](C)(C)OC(c1ccc2ccccc2c1)(c1ccc2ccccc2c1)C1CCCN1. The Morgan fingerprint density at radius 2 is 1.26 bits per heavy atom. The van der Waals surface area contributed by atoms with Crippen molar-refractivity contribution in [1.29, 1.82) is 0 Å². The van der Waals surface area contributed by atoms with Gasteiger partial charge in [-0.3, -0.25) is 0 Å². The quantitative estimate of drug-likeness (QED) is 0.353. The minimum absolute atomic E-state index is 0.251. The molecule has 1 fully saturated rings. The van der Waals surface area contributed by atoms with Crippen LogP contribution in [0.2, 0.25) is 19.6 Å². The minimum Gasteiger partial charge on any atom is -0.403 e. The van der Waals surface area contributed by atoms with Gasteiger partial charge in [0.2, 0.25) is 0 Å². The van der Waals surface area contributed by atoms with E-state index in [1.165, 1.54) is 39.1 Å². The lowest BCUT2D eigenvalue weighted by Crippen LogP contribution is -2.53. The van der Waals surface area contributed by atoms with Crippen LogP contribution in [0.4, 0.5) is 0 Å². The minimum atomic E-state index is -1.90. The van der Waals surface area contributed by atoms with Crippen LogP contribution in [0.5, 0.6) is 0 Å².